The van der Waals surface area contributed by atoms with Gasteiger partial charge in [-0.1, -0.05) is 6.07 Å². The van der Waals surface area contributed by atoms with E-state index in [1.165, 1.54) is 18.2 Å². The zero-order valence-electron chi connectivity index (χ0n) is 12.1. The molecule has 110 valence electrons. The third-order valence-electron chi connectivity index (χ3n) is 3.35. The summed E-state index contributed by atoms with van der Waals surface area (Å²) in [5.41, 5.74) is 3.15. The highest BCUT2D eigenvalue weighted by molar-refractivity contribution is 5.91. The van der Waals surface area contributed by atoms with Crippen molar-refractivity contribution >= 4 is 11.6 Å². The molecule has 1 aliphatic heterocycles. The third-order valence-corrected chi connectivity index (χ3v) is 3.35. The normalized spacial score (nSPS) is 19.4. The molecule has 5 nitrogen and oxygen atoms in total. The minimum atomic E-state index is -0.146. The lowest BCUT2D eigenvalue weighted by atomic mass is 10.0. The van der Waals surface area contributed by atoms with Crippen LogP contribution in [0.3, 0.4) is 0 Å². The van der Waals surface area contributed by atoms with Gasteiger partial charge in [0.2, 0.25) is 5.91 Å². The summed E-state index contributed by atoms with van der Waals surface area (Å²) in [6.45, 7) is 4.55. The number of aryl methyl sites for hydroxylation is 1. The third kappa shape index (κ3) is 4.03. The summed E-state index contributed by atoms with van der Waals surface area (Å²) >= 11 is 0. The Morgan fingerprint density at radius 2 is 2.40 bits per heavy atom. The molecule has 1 amide bonds. The fourth-order valence-electron chi connectivity index (χ4n) is 2.33. The lowest BCUT2D eigenvalue weighted by molar-refractivity contribution is -0.119. The van der Waals surface area contributed by atoms with Crippen molar-refractivity contribution in [1.29, 1.82) is 0 Å². The average Bonchev–Trinajstić information content (AvgIpc) is 2.70. The van der Waals surface area contributed by atoms with Crippen molar-refractivity contribution in [3.05, 3.63) is 29.3 Å². The Balaban J connectivity index is 2.13. The van der Waals surface area contributed by atoms with Crippen LogP contribution in [0.5, 0.6) is 0 Å². The van der Waals surface area contributed by atoms with Gasteiger partial charge in [0.25, 0.3) is 0 Å². The van der Waals surface area contributed by atoms with E-state index in [0.29, 0.717) is 6.61 Å². The van der Waals surface area contributed by atoms with E-state index in [0.717, 1.165) is 25.3 Å². The number of amides is 1. The molecule has 20 heavy (non-hydrogen) atoms. The van der Waals surface area contributed by atoms with E-state index in [-0.39, 0.29) is 18.6 Å². The van der Waals surface area contributed by atoms with Gasteiger partial charge in [0, 0.05) is 19.4 Å². The maximum atomic E-state index is 11.6. The van der Waals surface area contributed by atoms with E-state index in [4.69, 9.17) is 9.47 Å². The highest BCUT2D eigenvalue weighted by atomic mass is 16.5. The first-order valence-electron chi connectivity index (χ1n) is 6.91. The second kappa shape index (κ2) is 7.38. The maximum Gasteiger partial charge on any atom is 0.250 e. The Hall–Kier alpha value is -1.43. The van der Waals surface area contributed by atoms with Gasteiger partial charge in [0.05, 0.1) is 12.6 Å². The first-order valence-corrected chi connectivity index (χ1v) is 6.91. The minimum absolute atomic E-state index is 0.0635. The van der Waals surface area contributed by atoms with Gasteiger partial charge >= 0.3 is 0 Å². The average molecular weight is 278 g/mol. The minimum Gasteiger partial charge on any atom is -0.379 e. The highest BCUT2D eigenvalue weighted by Crippen LogP contribution is 2.23. The van der Waals surface area contributed by atoms with Crippen molar-refractivity contribution in [3.63, 3.8) is 0 Å². The van der Waals surface area contributed by atoms with Gasteiger partial charge in [-0.15, -0.1) is 0 Å². The summed E-state index contributed by atoms with van der Waals surface area (Å²) < 4.78 is 10.4. The Labute approximate surface area is 119 Å². The van der Waals surface area contributed by atoms with Gasteiger partial charge in [-0.25, -0.2) is 0 Å². The van der Waals surface area contributed by atoms with Gasteiger partial charge in [0.1, 0.15) is 6.61 Å². The summed E-state index contributed by atoms with van der Waals surface area (Å²) in [5, 5.41) is 6.31. The number of hydrogen-bond acceptors (Lipinski definition) is 4. The number of nitrogens with one attached hydrogen (secondary N) is 2. The van der Waals surface area contributed by atoms with E-state index in [2.05, 4.69) is 17.6 Å². The molecule has 5 heteroatoms. The SMILES string of the molecule is COCC(=O)Nc1ccc(C)c(C2COCCCN2)c1. The van der Waals surface area contributed by atoms with E-state index < -0.39 is 0 Å². The van der Waals surface area contributed by atoms with Crippen molar-refractivity contribution in [2.45, 2.75) is 19.4 Å². The van der Waals surface area contributed by atoms with Crippen LogP contribution in [-0.4, -0.2) is 39.4 Å². The van der Waals surface area contributed by atoms with Crippen LogP contribution in [0.2, 0.25) is 0 Å². The molecule has 1 heterocycles. The van der Waals surface area contributed by atoms with E-state index >= 15 is 0 Å². The molecule has 1 aliphatic rings. The second-order valence-electron chi connectivity index (χ2n) is 4.99. The smallest absolute Gasteiger partial charge is 0.250 e. The molecule has 0 bridgehead atoms. The van der Waals surface area contributed by atoms with Crippen LogP contribution in [0.15, 0.2) is 18.2 Å². The zero-order valence-corrected chi connectivity index (χ0v) is 12.1. The summed E-state index contributed by atoms with van der Waals surface area (Å²) in [5.74, 6) is -0.146. The molecular weight excluding hydrogens is 256 g/mol. The Bertz CT molecular complexity index is 454. The summed E-state index contributed by atoms with van der Waals surface area (Å²) in [4.78, 5) is 11.6. The van der Waals surface area contributed by atoms with Crippen LogP contribution in [-0.2, 0) is 14.3 Å². The lowest BCUT2D eigenvalue weighted by Gasteiger charge is -2.19. The van der Waals surface area contributed by atoms with Crippen LogP contribution in [0.1, 0.15) is 23.6 Å². The second-order valence-corrected chi connectivity index (χ2v) is 4.99. The standard InChI is InChI=1S/C15H22N2O3/c1-11-4-5-12(17-15(18)10-19-2)8-13(11)14-9-20-7-3-6-16-14/h4-5,8,14,16H,3,6-7,9-10H2,1-2H3,(H,17,18). The molecule has 1 unspecified atom stereocenters. The molecule has 0 spiro atoms. The molecule has 1 aromatic rings. The highest BCUT2D eigenvalue weighted by Gasteiger charge is 2.16. The zero-order chi connectivity index (χ0) is 14.4. The van der Waals surface area contributed by atoms with Crippen LogP contribution < -0.4 is 10.6 Å². The molecule has 1 fully saturated rings. The summed E-state index contributed by atoms with van der Waals surface area (Å²) in [6.07, 6.45) is 1.03. The van der Waals surface area contributed by atoms with Crippen LogP contribution in [0.25, 0.3) is 0 Å². The van der Waals surface area contributed by atoms with E-state index in [1.807, 2.05) is 18.2 Å². The number of carbonyl (C=O) groups is 1. The quantitative estimate of drug-likeness (QED) is 0.879. The van der Waals surface area contributed by atoms with Crippen molar-refractivity contribution in [2.75, 3.05) is 38.8 Å². The lowest BCUT2D eigenvalue weighted by Crippen LogP contribution is -2.24. The topological polar surface area (TPSA) is 59.6 Å². The summed E-state index contributed by atoms with van der Waals surface area (Å²) in [7, 11) is 1.51. The first kappa shape index (κ1) is 15.0. The Kier molecular flexibility index (Phi) is 5.52. The number of hydrogen-bond donors (Lipinski definition) is 2. The first-order chi connectivity index (χ1) is 9.70. The van der Waals surface area contributed by atoms with Gasteiger partial charge in [-0.3, -0.25) is 4.79 Å². The van der Waals surface area contributed by atoms with Crippen LogP contribution in [0.4, 0.5) is 5.69 Å². The van der Waals surface area contributed by atoms with Gasteiger partial charge < -0.3 is 20.1 Å². The fourth-order valence-corrected chi connectivity index (χ4v) is 2.33. The molecule has 1 atom stereocenters. The predicted octanol–water partition coefficient (Wildman–Crippen LogP) is 1.63. The molecular formula is C15H22N2O3. The van der Waals surface area contributed by atoms with Crippen molar-refractivity contribution in [1.82, 2.24) is 5.32 Å². The van der Waals surface area contributed by atoms with Crippen molar-refractivity contribution in [2.24, 2.45) is 0 Å². The Morgan fingerprint density at radius 3 is 3.20 bits per heavy atom. The maximum absolute atomic E-state index is 11.6. The monoisotopic (exact) mass is 278 g/mol. The van der Waals surface area contributed by atoms with Gasteiger partial charge in [0.15, 0.2) is 0 Å². The van der Waals surface area contributed by atoms with E-state index in [1.54, 1.807) is 0 Å². The fraction of sp³-hybridized carbons (Fsp3) is 0.533. The number of ether oxygens (including phenoxy) is 2. The molecule has 0 aliphatic carbocycles. The molecule has 2 rings (SSSR count). The molecule has 0 saturated carbocycles. The van der Waals surface area contributed by atoms with Crippen molar-refractivity contribution < 1.29 is 14.3 Å². The summed E-state index contributed by atoms with van der Waals surface area (Å²) in [6, 6.07) is 6.11. The number of anilines is 1. The number of methoxy groups -OCH3 is 1. The largest absolute Gasteiger partial charge is 0.379 e. The molecule has 0 aromatic heterocycles. The molecule has 1 aromatic carbocycles. The van der Waals surface area contributed by atoms with Gasteiger partial charge in [-0.05, 0) is 43.1 Å². The number of benzene rings is 1. The van der Waals surface area contributed by atoms with Gasteiger partial charge in [-0.2, -0.15) is 0 Å². The van der Waals surface area contributed by atoms with Crippen molar-refractivity contribution in [3.8, 4) is 0 Å². The number of carbonyl (C=O) groups excluding carboxylic acids is 1. The molecule has 0 radical (unpaired) electrons. The number of rotatable bonds is 4. The molecule has 2 N–H and O–H groups in total. The predicted molar refractivity (Wildman–Crippen MR) is 77.9 cm³/mol. The van der Waals surface area contributed by atoms with Crippen LogP contribution >= 0.6 is 0 Å². The van der Waals surface area contributed by atoms with Crippen LogP contribution in [0, 0.1) is 6.92 Å². The Morgan fingerprint density at radius 1 is 1.55 bits per heavy atom. The molecule has 1 saturated heterocycles. The van der Waals surface area contributed by atoms with E-state index in [9.17, 15) is 4.79 Å².